The van der Waals surface area contributed by atoms with Crippen LogP contribution >= 0.6 is 0 Å². The van der Waals surface area contributed by atoms with Crippen LogP contribution < -0.4 is 0 Å². The van der Waals surface area contributed by atoms with Crippen molar-refractivity contribution in [3.05, 3.63) is 23.3 Å². The van der Waals surface area contributed by atoms with E-state index < -0.39 is 0 Å². The van der Waals surface area contributed by atoms with Crippen LogP contribution in [0.5, 0.6) is 0 Å². The van der Waals surface area contributed by atoms with E-state index in [9.17, 15) is 0 Å². The molecule has 0 aromatic carbocycles. The lowest BCUT2D eigenvalue weighted by Crippen LogP contribution is -1.99. The lowest BCUT2D eigenvalue weighted by molar-refractivity contribution is 0.656. The van der Waals surface area contributed by atoms with E-state index in [0.29, 0.717) is 0 Å². The molecule has 0 unspecified atom stereocenters. The highest BCUT2D eigenvalue weighted by Crippen LogP contribution is 2.08. The van der Waals surface area contributed by atoms with Crippen molar-refractivity contribution in [2.45, 2.75) is 52.9 Å². The number of hydrogen-bond acceptors (Lipinski definition) is 2. The quantitative estimate of drug-likeness (QED) is 0.669. The van der Waals surface area contributed by atoms with Crippen molar-refractivity contribution < 1.29 is 0 Å². The average molecular weight is 192 g/mol. The summed E-state index contributed by atoms with van der Waals surface area (Å²) < 4.78 is 0. The maximum Gasteiger partial charge on any atom is 0.0619 e. The number of unbranched alkanes of at least 4 members (excludes halogenated alkanes) is 3. The molecule has 2 heteroatoms. The molecule has 0 radical (unpaired) electrons. The van der Waals surface area contributed by atoms with E-state index in [1.54, 1.807) is 0 Å². The fraction of sp³-hybridized carbons (Fsp3) is 0.667. The Kier molecular flexibility index (Phi) is 4.57. The van der Waals surface area contributed by atoms with Gasteiger partial charge in [-0.15, -0.1) is 0 Å². The first kappa shape index (κ1) is 11.2. The van der Waals surface area contributed by atoms with Crippen LogP contribution in [0.2, 0.25) is 0 Å². The zero-order valence-corrected chi connectivity index (χ0v) is 9.51. The summed E-state index contributed by atoms with van der Waals surface area (Å²) in [7, 11) is 0. The minimum absolute atomic E-state index is 1.03. The number of aryl methyl sites for hydroxylation is 3. The average Bonchev–Trinajstić information content (AvgIpc) is 2.18. The van der Waals surface area contributed by atoms with Crippen molar-refractivity contribution in [1.29, 1.82) is 0 Å². The van der Waals surface area contributed by atoms with Crippen LogP contribution in [0.3, 0.4) is 0 Å². The molecule has 0 amide bonds. The van der Waals surface area contributed by atoms with Gasteiger partial charge in [0.2, 0.25) is 0 Å². The second-order valence-electron chi connectivity index (χ2n) is 3.85. The first-order valence-electron chi connectivity index (χ1n) is 5.53. The van der Waals surface area contributed by atoms with E-state index in [1.807, 2.05) is 20.0 Å². The number of aromatic nitrogens is 2. The standard InChI is InChI=1S/C12H20N2/c1-4-5-6-7-8-12-11(3)13-9-10(2)14-12/h9H,4-8H2,1-3H3. The lowest BCUT2D eigenvalue weighted by atomic mass is 10.1. The van der Waals surface area contributed by atoms with Crippen molar-refractivity contribution in [1.82, 2.24) is 9.97 Å². The van der Waals surface area contributed by atoms with Gasteiger partial charge in [-0.1, -0.05) is 26.2 Å². The van der Waals surface area contributed by atoms with Crippen molar-refractivity contribution in [2.75, 3.05) is 0 Å². The fourth-order valence-corrected chi connectivity index (χ4v) is 1.54. The monoisotopic (exact) mass is 192 g/mol. The molecule has 0 saturated carbocycles. The summed E-state index contributed by atoms with van der Waals surface area (Å²) >= 11 is 0. The summed E-state index contributed by atoms with van der Waals surface area (Å²) in [4.78, 5) is 8.82. The van der Waals surface area contributed by atoms with Crippen LogP contribution in [0.1, 0.15) is 49.7 Å². The van der Waals surface area contributed by atoms with Crippen LogP contribution in [-0.4, -0.2) is 9.97 Å². The largest absolute Gasteiger partial charge is 0.258 e. The highest BCUT2D eigenvalue weighted by Gasteiger charge is 2.01. The first-order chi connectivity index (χ1) is 6.74. The molecule has 0 N–H and O–H groups in total. The third kappa shape index (κ3) is 3.44. The van der Waals surface area contributed by atoms with Gasteiger partial charge < -0.3 is 0 Å². The van der Waals surface area contributed by atoms with Gasteiger partial charge in [-0.25, -0.2) is 0 Å². The third-order valence-electron chi connectivity index (χ3n) is 2.44. The smallest absolute Gasteiger partial charge is 0.0619 e. The molecule has 1 aromatic heterocycles. The molecule has 0 bridgehead atoms. The molecule has 0 fully saturated rings. The number of rotatable bonds is 5. The molecule has 78 valence electrons. The zero-order chi connectivity index (χ0) is 10.4. The van der Waals surface area contributed by atoms with Gasteiger partial charge in [-0.2, -0.15) is 0 Å². The van der Waals surface area contributed by atoms with Crippen molar-refractivity contribution >= 4 is 0 Å². The van der Waals surface area contributed by atoms with E-state index in [-0.39, 0.29) is 0 Å². The molecule has 14 heavy (non-hydrogen) atoms. The SMILES string of the molecule is CCCCCCc1nc(C)cnc1C. The third-order valence-corrected chi connectivity index (χ3v) is 2.44. The molecule has 1 rings (SSSR count). The van der Waals surface area contributed by atoms with Gasteiger partial charge in [-0.3, -0.25) is 9.97 Å². The Morgan fingerprint density at radius 3 is 2.64 bits per heavy atom. The van der Waals surface area contributed by atoms with E-state index in [4.69, 9.17) is 0 Å². The Morgan fingerprint density at radius 2 is 1.93 bits per heavy atom. The van der Waals surface area contributed by atoms with E-state index in [0.717, 1.165) is 17.8 Å². The predicted molar refractivity (Wildman–Crippen MR) is 59.4 cm³/mol. The summed E-state index contributed by atoms with van der Waals surface area (Å²) in [5, 5.41) is 0. The van der Waals surface area contributed by atoms with Gasteiger partial charge in [0, 0.05) is 6.20 Å². The Morgan fingerprint density at radius 1 is 1.14 bits per heavy atom. The van der Waals surface area contributed by atoms with E-state index in [1.165, 1.54) is 31.4 Å². The maximum atomic E-state index is 4.51. The predicted octanol–water partition coefficient (Wildman–Crippen LogP) is 3.22. The van der Waals surface area contributed by atoms with Crippen LogP contribution in [0.25, 0.3) is 0 Å². The van der Waals surface area contributed by atoms with Gasteiger partial charge >= 0.3 is 0 Å². The Bertz CT molecular complexity index is 282. The Labute approximate surface area is 86.8 Å². The summed E-state index contributed by atoms with van der Waals surface area (Å²) in [5.74, 6) is 0. The molecule has 2 nitrogen and oxygen atoms in total. The lowest BCUT2D eigenvalue weighted by Gasteiger charge is -2.04. The second-order valence-corrected chi connectivity index (χ2v) is 3.85. The molecule has 0 aliphatic heterocycles. The Hall–Kier alpha value is -0.920. The van der Waals surface area contributed by atoms with Crippen LogP contribution in [0.15, 0.2) is 6.20 Å². The van der Waals surface area contributed by atoms with E-state index in [2.05, 4.69) is 16.9 Å². The van der Waals surface area contributed by atoms with Gasteiger partial charge in [-0.05, 0) is 26.7 Å². The van der Waals surface area contributed by atoms with Crippen LogP contribution in [0, 0.1) is 13.8 Å². The first-order valence-corrected chi connectivity index (χ1v) is 5.53. The highest BCUT2D eigenvalue weighted by atomic mass is 14.8. The Balaban J connectivity index is 2.45. The summed E-state index contributed by atoms with van der Waals surface area (Å²) in [6.07, 6.45) is 8.10. The van der Waals surface area contributed by atoms with Crippen molar-refractivity contribution in [3.8, 4) is 0 Å². The molecule has 0 atom stereocenters. The molecule has 0 aliphatic carbocycles. The molecular weight excluding hydrogens is 172 g/mol. The molecule has 1 aromatic rings. The van der Waals surface area contributed by atoms with Crippen molar-refractivity contribution in [3.63, 3.8) is 0 Å². The summed E-state index contributed by atoms with van der Waals surface area (Å²) in [6.45, 7) is 6.28. The van der Waals surface area contributed by atoms with Crippen LogP contribution in [-0.2, 0) is 6.42 Å². The van der Waals surface area contributed by atoms with Crippen molar-refractivity contribution in [2.24, 2.45) is 0 Å². The zero-order valence-electron chi connectivity index (χ0n) is 9.51. The van der Waals surface area contributed by atoms with E-state index >= 15 is 0 Å². The molecule has 0 aliphatic rings. The maximum absolute atomic E-state index is 4.51. The highest BCUT2D eigenvalue weighted by molar-refractivity contribution is 5.11. The topological polar surface area (TPSA) is 25.8 Å². The molecule has 0 saturated heterocycles. The molecule has 1 heterocycles. The second kappa shape index (κ2) is 5.74. The minimum atomic E-state index is 1.03. The van der Waals surface area contributed by atoms with Crippen LogP contribution in [0.4, 0.5) is 0 Å². The number of nitrogens with zero attached hydrogens (tertiary/aromatic N) is 2. The molecular formula is C12H20N2. The normalized spacial score (nSPS) is 10.5. The van der Waals surface area contributed by atoms with Gasteiger partial charge in [0.15, 0.2) is 0 Å². The number of hydrogen-bond donors (Lipinski definition) is 0. The fourth-order valence-electron chi connectivity index (χ4n) is 1.54. The van der Waals surface area contributed by atoms with Gasteiger partial charge in [0.25, 0.3) is 0 Å². The molecule has 0 spiro atoms. The van der Waals surface area contributed by atoms with Gasteiger partial charge in [0.1, 0.15) is 0 Å². The summed E-state index contributed by atoms with van der Waals surface area (Å²) in [6, 6.07) is 0. The summed E-state index contributed by atoms with van der Waals surface area (Å²) in [5.41, 5.74) is 3.30. The minimum Gasteiger partial charge on any atom is -0.258 e. The van der Waals surface area contributed by atoms with Gasteiger partial charge in [0.05, 0.1) is 17.1 Å².